The van der Waals surface area contributed by atoms with E-state index in [0.29, 0.717) is 15.9 Å². The number of thiophene rings is 1. The van der Waals surface area contributed by atoms with Crippen LogP contribution in [0.15, 0.2) is 65.5 Å². The molecule has 0 aliphatic rings. The fourth-order valence-electron chi connectivity index (χ4n) is 2.75. The first-order chi connectivity index (χ1) is 13.5. The Morgan fingerprint density at radius 2 is 1.86 bits per heavy atom. The third kappa shape index (κ3) is 3.41. The number of hydrogen-bond acceptors (Lipinski definition) is 5. The molecular formula is C20H15FN4O2S. The summed E-state index contributed by atoms with van der Waals surface area (Å²) in [7, 11) is 0. The second-order valence-electron chi connectivity index (χ2n) is 6.21. The Hall–Kier alpha value is -3.39. The topological polar surface area (TPSA) is 76.9 Å². The largest absolute Gasteiger partial charge is 0.324 e. The van der Waals surface area contributed by atoms with Crippen LogP contribution in [0.5, 0.6) is 0 Å². The number of carbonyl (C=O) groups is 1. The highest BCUT2D eigenvalue weighted by molar-refractivity contribution is 7.21. The number of anilines is 1. The normalized spacial score (nSPS) is 12.1. The number of hydrogen-bond donors (Lipinski definition) is 1. The number of aromatic nitrogens is 3. The van der Waals surface area contributed by atoms with E-state index in [1.54, 1.807) is 13.0 Å². The molecule has 28 heavy (non-hydrogen) atoms. The van der Waals surface area contributed by atoms with Gasteiger partial charge in [0.25, 0.3) is 5.56 Å². The highest BCUT2D eigenvalue weighted by atomic mass is 32.1. The highest BCUT2D eigenvalue weighted by Gasteiger charge is 2.20. The van der Waals surface area contributed by atoms with E-state index in [9.17, 15) is 14.0 Å². The van der Waals surface area contributed by atoms with Gasteiger partial charge in [-0.3, -0.25) is 9.59 Å². The second-order valence-corrected chi connectivity index (χ2v) is 7.24. The molecule has 2 heterocycles. The van der Waals surface area contributed by atoms with Crippen LogP contribution in [0, 0.1) is 5.82 Å². The summed E-state index contributed by atoms with van der Waals surface area (Å²) in [5, 5.41) is 11.1. The quantitative estimate of drug-likeness (QED) is 0.570. The van der Waals surface area contributed by atoms with Gasteiger partial charge in [-0.25, -0.2) is 4.39 Å². The average Bonchev–Trinajstić information content (AvgIpc) is 3.15. The number of rotatable bonds is 4. The summed E-state index contributed by atoms with van der Waals surface area (Å²) < 4.78 is 14.1. The minimum Gasteiger partial charge on any atom is -0.324 e. The van der Waals surface area contributed by atoms with E-state index < -0.39 is 17.8 Å². The Kier molecular flexibility index (Phi) is 4.70. The number of nitrogens with one attached hydrogen (secondary N) is 1. The summed E-state index contributed by atoms with van der Waals surface area (Å²) >= 11 is 1.37. The maximum Gasteiger partial charge on any atom is 0.279 e. The molecule has 1 atom stereocenters. The minimum atomic E-state index is -0.880. The van der Waals surface area contributed by atoms with Crippen molar-refractivity contribution in [2.24, 2.45) is 0 Å². The first kappa shape index (κ1) is 18.0. The van der Waals surface area contributed by atoms with Gasteiger partial charge in [-0.2, -0.15) is 4.68 Å². The molecule has 0 bridgehead atoms. The lowest BCUT2D eigenvalue weighted by molar-refractivity contribution is -0.119. The van der Waals surface area contributed by atoms with Crippen molar-refractivity contribution in [1.82, 2.24) is 15.0 Å². The molecule has 0 unspecified atom stereocenters. The molecule has 0 fully saturated rings. The zero-order valence-corrected chi connectivity index (χ0v) is 15.6. The molecule has 4 aromatic rings. The van der Waals surface area contributed by atoms with Crippen LogP contribution >= 0.6 is 11.3 Å². The van der Waals surface area contributed by atoms with E-state index in [2.05, 4.69) is 15.6 Å². The molecule has 8 heteroatoms. The molecule has 0 aliphatic carbocycles. The molecule has 0 saturated carbocycles. The van der Waals surface area contributed by atoms with Gasteiger partial charge >= 0.3 is 0 Å². The van der Waals surface area contributed by atoms with E-state index in [0.717, 1.165) is 15.1 Å². The van der Waals surface area contributed by atoms with Crippen molar-refractivity contribution in [1.29, 1.82) is 0 Å². The van der Waals surface area contributed by atoms with Crippen LogP contribution in [0.2, 0.25) is 0 Å². The minimum absolute atomic E-state index is 0.384. The van der Waals surface area contributed by atoms with Crippen molar-refractivity contribution in [3.05, 3.63) is 76.8 Å². The maximum atomic E-state index is 13.0. The van der Waals surface area contributed by atoms with Crippen LogP contribution in [0.4, 0.5) is 10.1 Å². The van der Waals surface area contributed by atoms with Crippen molar-refractivity contribution in [3.8, 4) is 10.4 Å². The summed E-state index contributed by atoms with van der Waals surface area (Å²) in [6.07, 6.45) is 0. The Bertz CT molecular complexity index is 1200. The van der Waals surface area contributed by atoms with E-state index in [1.807, 2.05) is 30.3 Å². The van der Waals surface area contributed by atoms with Crippen molar-refractivity contribution >= 4 is 33.1 Å². The molecule has 4 rings (SSSR count). The molecule has 0 spiro atoms. The van der Waals surface area contributed by atoms with Gasteiger partial charge in [0.2, 0.25) is 5.91 Å². The van der Waals surface area contributed by atoms with Crippen LogP contribution in [0.1, 0.15) is 13.0 Å². The van der Waals surface area contributed by atoms with Gasteiger partial charge in [0, 0.05) is 10.6 Å². The van der Waals surface area contributed by atoms with Gasteiger partial charge in [-0.05, 0) is 42.8 Å². The number of halogens is 1. The van der Waals surface area contributed by atoms with Gasteiger partial charge in [0.15, 0.2) is 4.83 Å². The fraction of sp³-hybridized carbons (Fsp3) is 0.100. The lowest BCUT2D eigenvalue weighted by atomic mass is 10.2. The predicted octanol–water partition coefficient (Wildman–Crippen LogP) is 3.86. The average molecular weight is 394 g/mol. The molecule has 0 aliphatic heterocycles. The summed E-state index contributed by atoms with van der Waals surface area (Å²) in [5.74, 6) is -0.842. The molecular weight excluding hydrogens is 379 g/mol. The first-order valence-electron chi connectivity index (χ1n) is 8.54. The molecule has 2 aromatic heterocycles. The Labute approximate surface area is 163 Å². The number of amides is 1. The van der Waals surface area contributed by atoms with Crippen molar-refractivity contribution in [3.63, 3.8) is 0 Å². The number of fused-ring (bicyclic) bond motifs is 1. The van der Waals surface area contributed by atoms with Crippen molar-refractivity contribution < 1.29 is 9.18 Å². The first-order valence-corrected chi connectivity index (χ1v) is 9.35. The monoisotopic (exact) mass is 394 g/mol. The molecule has 0 saturated heterocycles. The number of carbonyl (C=O) groups excluding carboxylic acids is 1. The standard InChI is InChI=1S/C20H15FN4O2S/c1-12(18(26)22-15-9-7-14(21)8-10-15)25-20(27)16-11-17(28-19(16)23-24-25)13-5-3-2-4-6-13/h2-12H,1H3,(H,22,26)/t12-/m0/s1. The van der Waals surface area contributed by atoms with E-state index in [1.165, 1.54) is 35.6 Å². The summed E-state index contributed by atoms with van der Waals surface area (Å²) in [6, 6.07) is 15.9. The van der Waals surface area contributed by atoms with Crippen LogP contribution in [0.3, 0.4) is 0 Å². The lowest BCUT2D eigenvalue weighted by Crippen LogP contribution is -2.33. The predicted molar refractivity (Wildman–Crippen MR) is 107 cm³/mol. The van der Waals surface area contributed by atoms with Gasteiger partial charge in [0.05, 0.1) is 5.39 Å². The van der Waals surface area contributed by atoms with Crippen LogP contribution in [-0.2, 0) is 4.79 Å². The summed E-state index contributed by atoms with van der Waals surface area (Å²) in [4.78, 5) is 26.8. The SMILES string of the molecule is C[C@@H](C(=O)Nc1ccc(F)cc1)n1nnc2sc(-c3ccccc3)cc2c1=O. The number of nitrogens with zero attached hydrogens (tertiary/aromatic N) is 3. The van der Waals surface area contributed by atoms with Crippen LogP contribution in [0.25, 0.3) is 20.7 Å². The molecule has 1 amide bonds. The highest BCUT2D eigenvalue weighted by Crippen LogP contribution is 2.30. The molecule has 0 radical (unpaired) electrons. The van der Waals surface area contributed by atoms with Gasteiger partial charge in [-0.15, -0.1) is 16.4 Å². The summed E-state index contributed by atoms with van der Waals surface area (Å²) in [5.41, 5.74) is 1.03. The van der Waals surface area contributed by atoms with Crippen molar-refractivity contribution in [2.75, 3.05) is 5.32 Å². The van der Waals surface area contributed by atoms with Crippen LogP contribution < -0.4 is 10.9 Å². The Balaban J connectivity index is 1.64. The van der Waals surface area contributed by atoms with E-state index in [4.69, 9.17) is 0 Å². The maximum absolute atomic E-state index is 13.0. The van der Waals surface area contributed by atoms with Gasteiger partial charge < -0.3 is 5.32 Å². The number of benzene rings is 2. The Morgan fingerprint density at radius 3 is 2.57 bits per heavy atom. The zero-order valence-electron chi connectivity index (χ0n) is 14.8. The Morgan fingerprint density at radius 1 is 1.14 bits per heavy atom. The van der Waals surface area contributed by atoms with Gasteiger partial charge in [-0.1, -0.05) is 35.5 Å². The molecule has 2 aromatic carbocycles. The fourth-order valence-corrected chi connectivity index (χ4v) is 3.72. The summed E-state index contributed by atoms with van der Waals surface area (Å²) in [6.45, 7) is 1.56. The molecule has 6 nitrogen and oxygen atoms in total. The second kappa shape index (κ2) is 7.32. The van der Waals surface area contributed by atoms with Crippen molar-refractivity contribution in [2.45, 2.75) is 13.0 Å². The third-order valence-corrected chi connectivity index (χ3v) is 5.37. The molecule has 140 valence electrons. The van der Waals surface area contributed by atoms with Crippen LogP contribution in [-0.4, -0.2) is 20.9 Å². The lowest BCUT2D eigenvalue weighted by Gasteiger charge is -2.13. The van der Waals surface area contributed by atoms with E-state index in [-0.39, 0.29) is 5.56 Å². The third-order valence-electron chi connectivity index (χ3n) is 4.30. The van der Waals surface area contributed by atoms with E-state index >= 15 is 0 Å². The molecule has 1 N–H and O–H groups in total. The zero-order chi connectivity index (χ0) is 19.7. The van der Waals surface area contributed by atoms with Gasteiger partial charge in [0.1, 0.15) is 11.9 Å². The smallest absolute Gasteiger partial charge is 0.279 e.